The molecule has 2 amide bonds. The smallest absolute Gasteiger partial charge is 0.326 e. The van der Waals surface area contributed by atoms with Gasteiger partial charge in [0.2, 0.25) is 0 Å². The van der Waals surface area contributed by atoms with Crippen LogP contribution in [-0.4, -0.2) is 53.0 Å². The number of carbonyl (C=O) groups is 3. The Morgan fingerprint density at radius 1 is 1.15 bits per heavy atom. The van der Waals surface area contributed by atoms with Gasteiger partial charge in [0.05, 0.1) is 12.0 Å². The van der Waals surface area contributed by atoms with Crippen LogP contribution >= 0.6 is 11.8 Å². The normalized spacial score (nSPS) is 11.9. The summed E-state index contributed by atoms with van der Waals surface area (Å²) in [7, 11) is 1.49. The van der Waals surface area contributed by atoms with Crippen LogP contribution in [0.3, 0.4) is 0 Å². The van der Waals surface area contributed by atoms with E-state index in [1.807, 2.05) is 6.26 Å². The third-order valence-corrected chi connectivity index (χ3v) is 5.12. The van der Waals surface area contributed by atoms with Crippen molar-refractivity contribution in [1.29, 1.82) is 0 Å². The van der Waals surface area contributed by atoms with E-state index >= 15 is 0 Å². The summed E-state index contributed by atoms with van der Waals surface area (Å²) in [6.07, 6.45) is 3.32. The van der Waals surface area contributed by atoms with Crippen LogP contribution in [-0.2, 0) is 9.59 Å². The molecule has 2 aromatic rings. The second-order valence-corrected chi connectivity index (χ2v) is 7.72. The van der Waals surface area contributed by atoms with Crippen LogP contribution < -0.4 is 15.4 Å². The van der Waals surface area contributed by atoms with Crippen LogP contribution in [0, 0.1) is 10.1 Å². The molecule has 2 aromatic carbocycles. The molecule has 0 heterocycles. The SMILES string of the molecule is COc1ccc(C(=O)N/C(=C\c2ccc([N+](=O)[O-])cc2)C(=O)N[C@@H](CCSC)C(=O)O)cc1. The fourth-order valence-corrected chi connectivity index (χ4v) is 3.15. The standard InChI is InChI=1S/C22H23N3O7S/c1-32-17-9-5-15(6-10-17)20(26)24-19(13-14-3-7-16(8-4-14)25(30)31)21(27)23-18(22(28)29)11-12-33-2/h3-10,13,18H,11-12H2,1-2H3,(H,23,27)(H,24,26)(H,28,29)/b19-13-/t18-/m0/s1. The number of carboxylic acid groups (broad SMARTS) is 1. The first-order valence-electron chi connectivity index (χ1n) is 9.69. The molecule has 2 rings (SSSR count). The van der Waals surface area contributed by atoms with Gasteiger partial charge in [0.1, 0.15) is 17.5 Å². The van der Waals surface area contributed by atoms with Gasteiger partial charge in [-0.2, -0.15) is 11.8 Å². The molecule has 0 saturated heterocycles. The van der Waals surface area contributed by atoms with Gasteiger partial charge >= 0.3 is 5.97 Å². The maximum absolute atomic E-state index is 12.9. The van der Waals surface area contributed by atoms with E-state index in [1.165, 1.54) is 61.3 Å². The molecule has 0 aliphatic heterocycles. The fraction of sp³-hybridized carbons (Fsp3) is 0.227. The number of hydrogen-bond acceptors (Lipinski definition) is 7. The Morgan fingerprint density at radius 2 is 1.79 bits per heavy atom. The number of nitro benzene ring substituents is 1. The highest BCUT2D eigenvalue weighted by Crippen LogP contribution is 2.15. The minimum atomic E-state index is -1.20. The number of hydrogen-bond donors (Lipinski definition) is 3. The third kappa shape index (κ3) is 7.65. The van der Waals surface area contributed by atoms with E-state index in [-0.39, 0.29) is 23.4 Å². The van der Waals surface area contributed by atoms with Gasteiger partial charge in [0.15, 0.2) is 0 Å². The maximum Gasteiger partial charge on any atom is 0.326 e. The molecule has 174 valence electrons. The predicted molar refractivity (Wildman–Crippen MR) is 124 cm³/mol. The van der Waals surface area contributed by atoms with E-state index in [0.29, 0.717) is 17.1 Å². The van der Waals surface area contributed by atoms with Gasteiger partial charge in [-0.1, -0.05) is 0 Å². The molecule has 1 atom stereocenters. The number of rotatable bonds is 11. The average Bonchev–Trinajstić information content (AvgIpc) is 2.81. The van der Waals surface area contributed by atoms with Crippen molar-refractivity contribution in [1.82, 2.24) is 10.6 Å². The number of aliphatic carboxylic acids is 1. The first kappa shape index (κ1) is 25.4. The second kappa shape index (κ2) is 12.2. The monoisotopic (exact) mass is 473 g/mol. The van der Waals surface area contributed by atoms with Gasteiger partial charge in [0.25, 0.3) is 17.5 Å². The molecular formula is C22H23N3O7S. The number of non-ortho nitro benzene ring substituents is 1. The lowest BCUT2D eigenvalue weighted by molar-refractivity contribution is -0.384. The zero-order valence-electron chi connectivity index (χ0n) is 17.9. The number of nitro groups is 1. The summed E-state index contributed by atoms with van der Waals surface area (Å²) in [5.74, 6) is -1.55. The molecule has 0 spiro atoms. The third-order valence-electron chi connectivity index (χ3n) is 4.47. The van der Waals surface area contributed by atoms with Gasteiger partial charge in [-0.3, -0.25) is 19.7 Å². The molecule has 0 unspecified atom stereocenters. The molecule has 0 bridgehead atoms. The van der Waals surface area contributed by atoms with Crippen molar-refractivity contribution in [2.24, 2.45) is 0 Å². The van der Waals surface area contributed by atoms with E-state index in [4.69, 9.17) is 4.74 Å². The first-order chi connectivity index (χ1) is 15.7. The summed E-state index contributed by atoms with van der Waals surface area (Å²) in [5.41, 5.74) is 0.302. The quantitative estimate of drug-likeness (QED) is 0.256. The van der Waals surface area contributed by atoms with Crippen molar-refractivity contribution >= 4 is 41.3 Å². The van der Waals surface area contributed by atoms with Crippen molar-refractivity contribution in [3.05, 3.63) is 75.5 Å². The largest absolute Gasteiger partial charge is 0.497 e. The molecule has 0 aromatic heterocycles. The van der Waals surface area contributed by atoms with Gasteiger partial charge in [-0.05, 0) is 66.5 Å². The highest BCUT2D eigenvalue weighted by atomic mass is 32.2. The number of methoxy groups -OCH3 is 1. The molecule has 3 N–H and O–H groups in total. The Morgan fingerprint density at radius 3 is 2.30 bits per heavy atom. The summed E-state index contributed by atoms with van der Waals surface area (Å²) in [6.45, 7) is 0. The summed E-state index contributed by atoms with van der Waals surface area (Å²) in [5, 5.41) is 25.2. The Kier molecular flexibility index (Phi) is 9.43. The molecule has 0 aliphatic carbocycles. The molecule has 33 heavy (non-hydrogen) atoms. The zero-order chi connectivity index (χ0) is 24.4. The van der Waals surface area contributed by atoms with Crippen LogP contribution in [0.25, 0.3) is 6.08 Å². The van der Waals surface area contributed by atoms with Gasteiger partial charge in [0, 0.05) is 17.7 Å². The zero-order valence-corrected chi connectivity index (χ0v) is 18.8. The van der Waals surface area contributed by atoms with Crippen molar-refractivity contribution < 1.29 is 29.2 Å². The highest BCUT2D eigenvalue weighted by molar-refractivity contribution is 7.98. The number of thioether (sulfide) groups is 1. The van der Waals surface area contributed by atoms with Crippen LogP contribution in [0.1, 0.15) is 22.3 Å². The Labute approximate surface area is 194 Å². The first-order valence-corrected chi connectivity index (χ1v) is 11.1. The van der Waals surface area contributed by atoms with Gasteiger partial charge in [-0.25, -0.2) is 4.79 Å². The lowest BCUT2D eigenvalue weighted by Gasteiger charge is -2.16. The van der Waals surface area contributed by atoms with Crippen LogP contribution in [0.5, 0.6) is 5.75 Å². The van der Waals surface area contributed by atoms with Crippen molar-refractivity contribution in [2.75, 3.05) is 19.1 Å². The maximum atomic E-state index is 12.9. The van der Waals surface area contributed by atoms with E-state index in [2.05, 4.69) is 10.6 Å². The van der Waals surface area contributed by atoms with Crippen molar-refractivity contribution in [3.8, 4) is 5.75 Å². The summed E-state index contributed by atoms with van der Waals surface area (Å²) in [6, 6.07) is 10.4. The van der Waals surface area contributed by atoms with Gasteiger partial charge < -0.3 is 20.5 Å². The molecule has 0 aliphatic rings. The molecule has 10 nitrogen and oxygen atoms in total. The molecular weight excluding hydrogens is 450 g/mol. The van der Waals surface area contributed by atoms with E-state index in [9.17, 15) is 29.6 Å². The number of amides is 2. The van der Waals surface area contributed by atoms with Crippen molar-refractivity contribution in [3.63, 3.8) is 0 Å². The van der Waals surface area contributed by atoms with Crippen LogP contribution in [0.4, 0.5) is 5.69 Å². The van der Waals surface area contributed by atoms with E-state index in [0.717, 1.165) is 0 Å². The predicted octanol–water partition coefficient (Wildman–Crippen LogP) is 2.70. The van der Waals surface area contributed by atoms with Crippen molar-refractivity contribution in [2.45, 2.75) is 12.5 Å². The number of nitrogens with zero attached hydrogens (tertiary/aromatic N) is 1. The van der Waals surface area contributed by atoms with Crippen LogP contribution in [0.2, 0.25) is 0 Å². The molecule has 0 radical (unpaired) electrons. The average molecular weight is 474 g/mol. The van der Waals surface area contributed by atoms with Gasteiger partial charge in [-0.15, -0.1) is 0 Å². The topological polar surface area (TPSA) is 148 Å². The Bertz CT molecular complexity index is 1040. The number of carbonyl (C=O) groups excluding carboxylic acids is 2. The summed E-state index contributed by atoms with van der Waals surface area (Å²) < 4.78 is 5.06. The van der Waals surface area contributed by atoms with E-state index in [1.54, 1.807) is 12.1 Å². The van der Waals surface area contributed by atoms with E-state index < -0.39 is 28.7 Å². The number of carboxylic acids is 1. The molecule has 11 heteroatoms. The summed E-state index contributed by atoms with van der Waals surface area (Å²) >= 11 is 1.44. The lowest BCUT2D eigenvalue weighted by Crippen LogP contribution is -2.44. The second-order valence-electron chi connectivity index (χ2n) is 6.74. The Hall–Kier alpha value is -3.86. The Balaban J connectivity index is 2.32. The number of benzene rings is 2. The minimum absolute atomic E-state index is 0.136. The lowest BCUT2D eigenvalue weighted by atomic mass is 10.1. The number of ether oxygens (including phenoxy) is 1. The minimum Gasteiger partial charge on any atom is -0.497 e. The molecule has 0 fully saturated rings. The highest BCUT2D eigenvalue weighted by Gasteiger charge is 2.23. The summed E-state index contributed by atoms with van der Waals surface area (Å²) in [4.78, 5) is 47.4. The number of nitrogens with one attached hydrogen (secondary N) is 2. The molecule has 0 saturated carbocycles. The van der Waals surface area contributed by atoms with Crippen LogP contribution in [0.15, 0.2) is 54.2 Å². The fourth-order valence-electron chi connectivity index (χ4n) is 2.68.